The average molecular weight is 227 g/mol. The van der Waals surface area contributed by atoms with Gasteiger partial charge in [0.25, 0.3) is 0 Å². The Kier molecular flexibility index (Phi) is 3.57. The van der Waals surface area contributed by atoms with Crippen molar-refractivity contribution in [3.63, 3.8) is 0 Å². The number of ether oxygens (including phenoxy) is 2. The van der Waals surface area contributed by atoms with Crippen molar-refractivity contribution in [1.29, 1.82) is 0 Å². The molecule has 1 heterocycles. The third-order valence-corrected chi connectivity index (χ3v) is 4.12. The van der Waals surface area contributed by atoms with E-state index in [4.69, 9.17) is 15.2 Å². The predicted molar refractivity (Wildman–Crippen MR) is 64.0 cm³/mol. The summed E-state index contributed by atoms with van der Waals surface area (Å²) in [4.78, 5) is 0. The van der Waals surface area contributed by atoms with Crippen molar-refractivity contribution >= 4 is 0 Å². The molecule has 0 radical (unpaired) electrons. The van der Waals surface area contributed by atoms with E-state index in [-0.39, 0.29) is 11.9 Å². The van der Waals surface area contributed by atoms with E-state index in [2.05, 4.69) is 20.8 Å². The fourth-order valence-corrected chi connectivity index (χ4v) is 3.27. The number of hydrogen-bond donors (Lipinski definition) is 1. The van der Waals surface area contributed by atoms with Crippen LogP contribution in [0, 0.1) is 17.8 Å². The Hall–Kier alpha value is -0.120. The van der Waals surface area contributed by atoms with Crippen molar-refractivity contribution < 1.29 is 9.47 Å². The molecular weight excluding hydrogens is 202 g/mol. The summed E-state index contributed by atoms with van der Waals surface area (Å²) in [6.07, 6.45) is 3.65. The molecule has 0 amide bonds. The fraction of sp³-hybridized carbons (Fsp3) is 1.00. The maximum atomic E-state index is 6.14. The largest absolute Gasteiger partial charge is 0.347 e. The second kappa shape index (κ2) is 4.63. The molecule has 2 N–H and O–H groups in total. The summed E-state index contributed by atoms with van der Waals surface area (Å²) in [5.74, 6) is 1.52. The van der Waals surface area contributed by atoms with Gasteiger partial charge in [0, 0.05) is 18.9 Å². The van der Waals surface area contributed by atoms with Crippen LogP contribution < -0.4 is 5.73 Å². The molecule has 94 valence electrons. The molecule has 2 fully saturated rings. The van der Waals surface area contributed by atoms with E-state index >= 15 is 0 Å². The summed E-state index contributed by atoms with van der Waals surface area (Å²) in [6.45, 7) is 8.07. The Morgan fingerprint density at radius 2 is 2.12 bits per heavy atom. The molecule has 2 aliphatic rings. The van der Waals surface area contributed by atoms with Gasteiger partial charge < -0.3 is 15.2 Å². The van der Waals surface area contributed by atoms with Gasteiger partial charge in [0.2, 0.25) is 0 Å². The predicted octanol–water partition coefficient (Wildman–Crippen LogP) is 2.15. The van der Waals surface area contributed by atoms with Crippen molar-refractivity contribution in [2.45, 2.75) is 51.9 Å². The zero-order valence-electron chi connectivity index (χ0n) is 10.7. The first-order valence-corrected chi connectivity index (χ1v) is 6.59. The zero-order valence-corrected chi connectivity index (χ0v) is 10.7. The first kappa shape index (κ1) is 12.3. The first-order valence-electron chi connectivity index (χ1n) is 6.59. The molecule has 4 unspecified atom stereocenters. The third-order valence-electron chi connectivity index (χ3n) is 4.12. The number of nitrogens with two attached hydrogens (primary N) is 1. The summed E-state index contributed by atoms with van der Waals surface area (Å²) >= 11 is 0. The highest BCUT2D eigenvalue weighted by Crippen LogP contribution is 2.47. The van der Waals surface area contributed by atoms with Crippen LogP contribution in [0.4, 0.5) is 0 Å². The zero-order chi connectivity index (χ0) is 11.8. The van der Waals surface area contributed by atoms with Gasteiger partial charge in [-0.15, -0.1) is 0 Å². The Morgan fingerprint density at radius 3 is 2.69 bits per heavy atom. The third kappa shape index (κ3) is 2.13. The topological polar surface area (TPSA) is 44.5 Å². The molecule has 1 aliphatic heterocycles. The number of hydrogen-bond acceptors (Lipinski definition) is 3. The molecule has 1 saturated carbocycles. The SMILES string of the molecule is CC1CCC(C(C)C)C2(C1)OCC(CN)O2. The first-order chi connectivity index (χ1) is 7.57. The van der Waals surface area contributed by atoms with E-state index in [9.17, 15) is 0 Å². The minimum atomic E-state index is -0.324. The summed E-state index contributed by atoms with van der Waals surface area (Å²) in [6, 6.07) is 0. The summed E-state index contributed by atoms with van der Waals surface area (Å²) in [5.41, 5.74) is 5.67. The van der Waals surface area contributed by atoms with Crippen molar-refractivity contribution in [2.75, 3.05) is 13.2 Å². The molecule has 1 aliphatic carbocycles. The molecular formula is C13H25NO2. The molecule has 2 rings (SSSR count). The second-order valence-corrected chi connectivity index (χ2v) is 5.84. The second-order valence-electron chi connectivity index (χ2n) is 5.84. The van der Waals surface area contributed by atoms with Crippen LogP contribution in [0.3, 0.4) is 0 Å². The van der Waals surface area contributed by atoms with Gasteiger partial charge in [0.1, 0.15) is 0 Å². The van der Waals surface area contributed by atoms with Gasteiger partial charge in [-0.05, 0) is 18.3 Å². The van der Waals surface area contributed by atoms with Crippen LogP contribution in [0.25, 0.3) is 0 Å². The van der Waals surface area contributed by atoms with Gasteiger partial charge in [-0.25, -0.2) is 0 Å². The van der Waals surface area contributed by atoms with Crippen molar-refractivity contribution in [3.8, 4) is 0 Å². The highest BCUT2D eigenvalue weighted by atomic mass is 16.7. The summed E-state index contributed by atoms with van der Waals surface area (Å²) < 4.78 is 12.2. The van der Waals surface area contributed by atoms with Crippen LogP contribution in [0.2, 0.25) is 0 Å². The average Bonchev–Trinajstić information content (AvgIpc) is 2.61. The maximum absolute atomic E-state index is 6.14. The Labute approximate surface area is 98.7 Å². The van der Waals surface area contributed by atoms with Crippen LogP contribution in [0.5, 0.6) is 0 Å². The highest BCUT2D eigenvalue weighted by Gasteiger charge is 2.51. The lowest BCUT2D eigenvalue weighted by molar-refractivity contribution is -0.237. The van der Waals surface area contributed by atoms with E-state index in [1.165, 1.54) is 12.8 Å². The monoisotopic (exact) mass is 227 g/mol. The van der Waals surface area contributed by atoms with Crippen molar-refractivity contribution in [3.05, 3.63) is 0 Å². The molecule has 0 aromatic heterocycles. The minimum absolute atomic E-state index is 0.103. The van der Waals surface area contributed by atoms with Crippen LogP contribution in [-0.4, -0.2) is 25.0 Å². The standard InChI is InChI=1S/C13H25NO2/c1-9(2)12-5-4-10(3)6-13(12)15-8-11(7-14)16-13/h9-12H,4-8,14H2,1-3H3. The van der Waals surface area contributed by atoms with E-state index in [1.807, 2.05) is 0 Å². The lowest BCUT2D eigenvalue weighted by Gasteiger charge is -2.44. The van der Waals surface area contributed by atoms with Gasteiger partial charge in [0.15, 0.2) is 5.79 Å². The maximum Gasteiger partial charge on any atom is 0.172 e. The summed E-state index contributed by atoms with van der Waals surface area (Å²) in [7, 11) is 0. The fourth-order valence-electron chi connectivity index (χ4n) is 3.27. The van der Waals surface area contributed by atoms with E-state index in [1.54, 1.807) is 0 Å². The van der Waals surface area contributed by atoms with Crippen molar-refractivity contribution in [2.24, 2.45) is 23.5 Å². The smallest absolute Gasteiger partial charge is 0.172 e. The van der Waals surface area contributed by atoms with E-state index < -0.39 is 0 Å². The van der Waals surface area contributed by atoms with Gasteiger partial charge in [-0.1, -0.05) is 27.2 Å². The van der Waals surface area contributed by atoms with Crippen LogP contribution in [0.15, 0.2) is 0 Å². The lowest BCUT2D eigenvalue weighted by atomic mass is 9.73. The van der Waals surface area contributed by atoms with E-state index in [0.29, 0.717) is 30.9 Å². The van der Waals surface area contributed by atoms with Crippen LogP contribution in [-0.2, 0) is 9.47 Å². The minimum Gasteiger partial charge on any atom is -0.347 e. The van der Waals surface area contributed by atoms with Crippen molar-refractivity contribution in [1.82, 2.24) is 0 Å². The molecule has 1 saturated heterocycles. The molecule has 3 heteroatoms. The number of rotatable bonds is 2. The highest BCUT2D eigenvalue weighted by molar-refractivity contribution is 4.92. The van der Waals surface area contributed by atoms with Crippen LogP contribution in [0.1, 0.15) is 40.0 Å². The molecule has 16 heavy (non-hydrogen) atoms. The van der Waals surface area contributed by atoms with Crippen LogP contribution >= 0.6 is 0 Å². The van der Waals surface area contributed by atoms with E-state index in [0.717, 1.165) is 6.42 Å². The lowest BCUT2D eigenvalue weighted by Crippen LogP contribution is -2.47. The Bertz CT molecular complexity index is 244. The molecule has 4 atom stereocenters. The normalized spacial score (nSPS) is 44.4. The van der Waals surface area contributed by atoms with Gasteiger partial charge in [-0.2, -0.15) is 0 Å². The van der Waals surface area contributed by atoms with Gasteiger partial charge in [0.05, 0.1) is 12.7 Å². The molecule has 0 aromatic carbocycles. The molecule has 1 spiro atoms. The summed E-state index contributed by atoms with van der Waals surface area (Å²) in [5, 5.41) is 0. The van der Waals surface area contributed by atoms with Gasteiger partial charge in [-0.3, -0.25) is 0 Å². The molecule has 3 nitrogen and oxygen atoms in total. The van der Waals surface area contributed by atoms with Gasteiger partial charge >= 0.3 is 0 Å². The quantitative estimate of drug-likeness (QED) is 0.786. The Balaban J connectivity index is 2.13. The molecule has 0 aromatic rings. The molecule has 0 bridgehead atoms. The Morgan fingerprint density at radius 1 is 1.38 bits per heavy atom.